The number of carbonyl (C=O) groups is 1. The van der Waals surface area contributed by atoms with E-state index >= 15 is 0 Å². The number of piperazine rings is 1. The first kappa shape index (κ1) is 20.1. The molecule has 154 valence electrons. The average molecular weight is 412 g/mol. The molecule has 1 saturated heterocycles. The van der Waals surface area contributed by atoms with E-state index in [0.29, 0.717) is 5.75 Å². The van der Waals surface area contributed by atoms with Gasteiger partial charge in [0, 0.05) is 31.1 Å². The third kappa shape index (κ3) is 5.06. The van der Waals surface area contributed by atoms with Gasteiger partial charge < -0.3 is 15.0 Å². The Morgan fingerprint density at radius 3 is 2.72 bits per heavy atom. The molecule has 2 aliphatic heterocycles. The molecule has 0 spiro atoms. The monoisotopic (exact) mass is 411 g/mol. The zero-order valence-electron chi connectivity index (χ0n) is 17.0. The lowest BCUT2D eigenvalue weighted by atomic mass is 10.1. The number of fused-ring (bicyclic) bond motifs is 1. The first-order valence-electron chi connectivity index (χ1n) is 10.4. The number of anilines is 2. The summed E-state index contributed by atoms with van der Waals surface area (Å²) < 4.78 is 5.51. The maximum Gasteiger partial charge on any atom is 0.234 e. The highest BCUT2D eigenvalue weighted by molar-refractivity contribution is 8.00. The van der Waals surface area contributed by atoms with E-state index in [-0.39, 0.29) is 5.91 Å². The van der Waals surface area contributed by atoms with Gasteiger partial charge in [-0.3, -0.25) is 9.69 Å². The second-order valence-corrected chi connectivity index (χ2v) is 8.64. The molecule has 1 fully saturated rings. The van der Waals surface area contributed by atoms with Crippen LogP contribution in [0.15, 0.2) is 47.4 Å². The SMILES string of the molecule is COc1ccccc1N1CCN(CCCCc2ccc3c(c2)SCC(=O)N3)CC1. The van der Waals surface area contributed by atoms with Gasteiger partial charge in [-0.05, 0) is 55.6 Å². The Morgan fingerprint density at radius 2 is 1.90 bits per heavy atom. The van der Waals surface area contributed by atoms with Crippen LogP contribution in [-0.2, 0) is 11.2 Å². The molecule has 0 aromatic heterocycles. The summed E-state index contributed by atoms with van der Waals surface area (Å²) in [6.07, 6.45) is 3.52. The molecule has 4 rings (SSSR count). The van der Waals surface area contributed by atoms with E-state index in [1.54, 1.807) is 18.9 Å². The normalized spacial score (nSPS) is 17.0. The first-order valence-corrected chi connectivity index (χ1v) is 11.4. The van der Waals surface area contributed by atoms with E-state index < -0.39 is 0 Å². The van der Waals surface area contributed by atoms with Crippen molar-refractivity contribution in [3.63, 3.8) is 0 Å². The Balaban J connectivity index is 1.19. The summed E-state index contributed by atoms with van der Waals surface area (Å²) in [4.78, 5) is 17.7. The number of para-hydroxylation sites is 2. The molecule has 2 aromatic rings. The summed E-state index contributed by atoms with van der Waals surface area (Å²) in [6, 6.07) is 14.7. The number of nitrogens with one attached hydrogen (secondary N) is 1. The number of amides is 1. The van der Waals surface area contributed by atoms with Crippen molar-refractivity contribution in [1.82, 2.24) is 4.90 Å². The molecule has 2 aromatic carbocycles. The van der Waals surface area contributed by atoms with E-state index in [9.17, 15) is 4.79 Å². The molecule has 5 nitrogen and oxygen atoms in total. The molecule has 6 heteroatoms. The Morgan fingerprint density at radius 1 is 1.07 bits per heavy atom. The van der Waals surface area contributed by atoms with Crippen LogP contribution in [0.3, 0.4) is 0 Å². The van der Waals surface area contributed by atoms with Gasteiger partial charge in [-0.1, -0.05) is 18.2 Å². The Kier molecular flexibility index (Phi) is 6.62. The van der Waals surface area contributed by atoms with Crippen LogP contribution in [0.5, 0.6) is 5.75 Å². The second-order valence-electron chi connectivity index (χ2n) is 7.63. The van der Waals surface area contributed by atoms with Gasteiger partial charge in [-0.25, -0.2) is 0 Å². The molecular weight excluding hydrogens is 382 g/mol. The highest BCUT2D eigenvalue weighted by Gasteiger charge is 2.19. The highest BCUT2D eigenvalue weighted by Crippen LogP contribution is 2.32. The summed E-state index contributed by atoms with van der Waals surface area (Å²) in [6.45, 7) is 5.47. The van der Waals surface area contributed by atoms with E-state index in [4.69, 9.17) is 4.74 Å². The van der Waals surface area contributed by atoms with Gasteiger partial charge in [0.2, 0.25) is 5.91 Å². The minimum absolute atomic E-state index is 0.0982. The molecule has 29 heavy (non-hydrogen) atoms. The van der Waals surface area contributed by atoms with Gasteiger partial charge >= 0.3 is 0 Å². The van der Waals surface area contributed by atoms with Gasteiger partial charge in [0.25, 0.3) is 0 Å². The molecule has 2 heterocycles. The van der Waals surface area contributed by atoms with Gasteiger partial charge in [0.1, 0.15) is 5.75 Å². The highest BCUT2D eigenvalue weighted by atomic mass is 32.2. The number of carbonyl (C=O) groups excluding carboxylic acids is 1. The van der Waals surface area contributed by atoms with Crippen molar-refractivity contribution in [2.24, 2.45) is 0 Å². The third-order valence-electron chi connectivity index (χ3n) is 5.67. The first-order chi connectivity index (χ1) is 14.2. The number of methoxy groups -OCH3 is 1. The van der Waals surface area contributed by atoms with Crippen LogP contribution in [0, 0.1) is 0 Å². The van der Waals surface area contributed by atoms with Crippen molar-refractivity contribution in [3.05, 3.63) is 48.0 Å². The predicted octanol–water partition coefficient (Wildman–Crippen LogP) is 3.88. The summed E-state index contributed by atoms with van der Waals surface area (Å²) in [7, 11) is 1.74. The number of nitrogens with zero attached hydrogens (tertiary/aromatic N) is 2. The van der Waals surface area contributed by atoms with E-state index in [2.05, 4.69) is 39.4 Å². The number of hydrogen-bond donors (Lipinski definition) is 1. The summed E-state index contributed by atoms with van der Waals surface area (Å²) in [5.41, 5.74) is 3.53. The van der Waals surface area contributed by atoms with Gasteiger partial charge in [0.05, 0.1) is 24.2 Å². The quantitative estimate of drug-likeness (QED) is 0.701. The number of benzene rings is 2. The van der Waals surface area contributed by atoms with Gasteiger partial charge in [-0.15, -0.1) is 11.8 Å². The number of thioether (sulfide) groups is 1. The summed E-state index contributed by atoms with van der Waals surface area (Å²) in [5.74, 6) is 1.59. The Bertz CT molecular complexity index is 850. The lowest BCUT2D eigenvalue weighted by Crippen LogP contribution is -2.46. The number of hydrogen-bond acceptors (Lipinski definition) is 5. The topological polar surface area (TPSA) is 44.8 Å². The number of ether oxygens (including phenoxy) is 1. The van der Waals surface area contributed by atoms with Crippen LogP contribution < -0.4 is 15.0 Å². The van der Waals surface area contributed by atoms with E-state index in [0.717, 1.165) is 50.6 Å². The fraction of sp³-hybridized carbons (Fsp3) is 0.435. The minimum Gasteiger partial charge on any atom is -0.495 e. The van der Waals surface area contributed by atoms with Crippen molar-refractivity contribution in [2.45, 2.75) is 24.2 Å². The summed E-state index contributed by atoms with van der Waals surface area (Å²) in [5, 5.41) is 2.94. The second kappa shape index (κ2) is 9.55. The van der Waals surface area contributed by atoms with Gasteiger partial charge in [-0.2, -0.15) is 0 Å². The smallest absolute Gasteiger partial charge is 0.234 e. The number of rotatable bonds is 7. The van der Waals surface area contributed by atoms with E-state index in [1.165, 1.54) is 29.0 Å². The molecule has 2 aliphatic rings. The van der Waals surface area contributed by atoms with Crippen LogP contribution in [0.4, 0.5) is 11.4 Å². The minimum atomic E-state index is 0.0982. The van der Waals surface area contributed by atoms with Crippen LogP contribution in [0.2, 0.25) is 0 Å². The largest absolute Gasteiger partial charge is 0.495 e. The molecule has 0 bridgehead atoms. The maximum atomic E-state index is 11.5. The average Bonchev–Trinajstić information content (AvgIpc) is 2.77. The molecule has 0 unspecified atom stereocenters. The van der Waals surface area contributed by atoms with Crippen molar-refractivity contribution in [2.75, 3.05) is 55.8 Å². The Hall–Kier alpha value is -2.18. The lowest BCUT2D eigenvalue weighted by molar-refractivity contribution is -0.113. The standard InChI is InChI=1S/C23H29N3O2S/c1-28-21-8-3-2-7-20(21)26-14-12-25(13-15-26)11-5-4-6-18-9-10-19-22(16-18)29-17-23(27)24-19/h2-3,7-10,16H,4-6,11-15,17H2,1H3,(H,24,27). The molecule has 0 radical (unpaired) electrons. The van der Waals surface area contributed by atoms with Crippen molar-refractivity contribution < 1.29 is 9.53 Å². The Labute approximate surface area is 177 Å². The predicted molar refractivity (Wildman–Crippen MR) is 120 cm³/mol. The molecule has 1 N–H and O–H groups in total. The van der Waals surface area contributed by atoms with Crippen LogP contribution in [-0.4, -0.2) is 56.4 Å². The van der Waals surface area contributed by atoms with Gasteiger partial charge in [0.15, 0.2) is 0 Å². The molecule has 0 aliphatic carbocycles. The van der Waals surface area contributed by atoms with Crippen molar-refractivity contribution in [3.8, 4) is 5.75 Å². The molecular formula is C23H29N3O2S. The maximum absolute atomic E-state index is 11.5. The number of aryl methyl sites for hydroxylation is 1. The number of unbranched alkanes of at least 4 members (excludes halogenated alkanes) is 1. The molecule has 0 saturated carbocycles. The van der Waals surface area contributed by atoms with Crippen LogP contribution >= 0.6 is 11.8 Å². The zero-order valence-corrected chi connectivity index (χ0v) is 17.8. The summed E-state index contributed by atoms with van der Waals surface area (Å²) >= 11 is 1.64. The fourth-order valence-electron chi connectivity index (χ4n) is 4.04. The van der Waals surface area contributed by atoms with E-state index in [1.807, 2.05) is 18.2 Å². The lowest BCUT2D eigenvalue weighted by Gasteiger charge is -2.36. The van der Waals surface area contributed by atoms with Crippen LogP contribution in [0.25, 0.3) is 0 Å². The third-order valence-corrected chi connectivity index (χ3v) is 6.72. The fourth-order valence-corrected chi connectivity index (χ4v) is 4.91. The zero-order chi connectivity index (χ0) is 20.1. The van der Waals surface area contributed by atoms with Crippen molar-refractivity contribution >= 4 is 29.0 Å². The van der Waals surface area contributed by atoms with Crippen molar-refractivity contribution in [1.29, 1.82) is 0 Å². The molecule has 1 amide bonds. The van der Waals surface area contributed by atoms with Crippen LogP contribution in [0.1, 0.15) is 18.4 Å². The molecule has 0 atom stereocenters.